The van der Waals surface area contributed by atoms with Crippen molar-refractivity contribution in [3.8, 4) is 22.3 Å². The first kappa shape index (κ1) is 20.7. The second-order valence-electron chi connectivity index (χ2n) is 11.0. The Morgan fingerprint density at radius 2 is 0.973 bits per heavy atom. The first-order chi connectivity index (χ1) is 18.1. The van der Waals surface area contributed by atoms with Gasteiger partial charge in [0.2, 0.25) is 0 Å². The first-order valence-electron chi connectivity index (χ1n) is 13.1. The molecular weight excluding hydrogens is 444 g/mol. The predicted octanol–water partition coefficient (Wildman–Crippen LogP) is 10.3. The van der Waals surface area contributed by atoms with Crippen molar-refractivity contribution in [2.45, 2.75) is 19.3 Å². The highest BCUT2D eigenvalue weighted by atomic mass is 14.4. The Bertz CT molecular complexity index is 2060. The Labute approximate surface area is 216 Å². The zero-order valence-electron chi connectivity index (χ0n) is 21.0. The van der Waals surface area contributed by atoms with Gasteiger partial charge in [-0.05, 0) is 101 Å². The van der Waals surface area contributed by atoms with Crippen molar-refractivity contribution in [2.75, 3.05) is 0 Å². The summed E-state index contributed by atoms with van der Waals surface area (Å²) in [7, 11) is 0. The molecule has 0 saturated carbocycles. The number of hydrogen-bond donors (Lipinski definition) is 0. The lowest BCUT2D eigenvalue weighted by Gasteiger charge is -2.22. The SMILES string of the molecule is CC1(C)c2ccccc2-c2cc3ccc4ccc(-c5ccc6c(ccc7ccccc76)c5)cc4c3cc21. The number of rotatable bonds is 1. The molecule has 0 saturated heterocycles. The number of benzene rings is 7. The quantitative estimate of drug-likeness (QED) is 0.209. The van der Waals surface area contributed by atoms with E-state index in [-0.39, 0.29) is 5.41 Å². The molecule has 0 aromatic heterocycles. The summed E-state index contributed by atoms with van der Waals surface area (Å²) in [5.41, 5.74) is 8.13. The van der Waals surface area contributed by atoms with Gasteiger partial charge in [-0.25, -0.2) is 0 Å². The summed E-state index contributed by atoms with van der Waals surface area (Å²) in [5.74, 6) is 0. The fourth-order valence-corrected chi connectivity index (χ4v) is 6.62. The zero-order chi connectivity index (χ0) is 24.7. The second kappa shape index (κ2) is 7.31. The highest BCUT2D eigenvalue weighted by Gasteiger charge is 2.35. The van der Waals surface area contributed by atoms with Gasteiger partial charge in [0.05, 0.1) is 0 Å². The van der Waals surface area contributed by atoms with Gasteiger partial charge >= 0.3 is 0 Å². The molecule has 0 amide bonds. The minimum atomic E-state index is 0.00100. The van der Waals surface area contributed by atoms with E-state index in [0.29, 0.717) is 0 Å². The molecule has 8 rings (SSSR count). The minimum Gasteiger partial charge on any atom is -0.0619 e. The van der Waals surface area contributed by atoms with E-state index in [1.165, 1.54) is 76.5 Å². The van der Waals surface area contributed by atoms with Crippen molar-refractivity contribution in [3.63, 3.8) is 0 Å². The van der Waals surface area contributed by atoms with E-state index < -0.39 is 0 Å². The van der Waals surface area contributed by atoms with Gasteiger partial charge in [-0.15, -0.1) is 0 Å². The summed E-state index contributed by atoms with van der Waals surface area (Å²) in [6, 6.07) is 45.3. The predicted molar refractivity (Wildman–Crippen MR) is 159 cm³/mol. The van der Waals surface area contributed by atoms with Crippen molar-refractivity contribution >= 4 is 43.1 Å². The molecule has 1 aliphatic carbocycles. The molecule has 37 heavy (non-hydrogen) atoms. The van der Waals surface area contributed by atoms with Crippen molar-refractivity contribution in [3.05, 3.63) is 132 Å². The topological polar surface area (TPSA) is 0 Å². The molecule has 0 bridgehead atoms. The van der Waals surface area contributed by atoms with Crippen LogP contribution in [0.3, 0.4) is 0 Å². The van der Waals surface area contributed by atoms with Crippen LogP contribution in [0, 0.1) is 0 Å². The third kappa shape index (κ3) is 2.90. The summed E-state index contributed by atoms with van der Waals surface area (Å²) < 4.78 is 0. The molecule has 1 aliphatic rings. The molecule has 0 unspecified atom stereocenters. The molecule has 0 heterocycles. The van der Waals surface area contributed by atoms with Gasteiger partial charge in [0, 0.05) is 5.41 Å². The molecule has 0 nitrogen and oxygen atoms in total. The summed E-state index contributed by atoms with van der Waals surface area (Å²) in [5, 5.41) is 10.5. The average molecular weight is 471 g/mol. The van der Waals surface area contributed by atoms with Crippen LogP contribution in [0.1, 0.15) is 25.0 Å². The van der Waals surface area contributed by atoms with E-state index >= 15 is 0 Å². The summed E-state index contributed by atoms with van der Waals surface area (Å²) in [6.45, 7) is 4.72. The van der Waals surface area contributed by atoms with E-state index in [1.54, 1.807) is 0 Å². The maximum Gasteiger partial charge on any atom is 0.0159 e. The van der Waals surface area contributed by atoms with Crippen LogP contribution < -0.4 is 0 Å². The fraction of sp³-hybridized carbons (Fsp3) is 0.0811. The van der Waals surface area contributed by atoms with Crippen LogP contribution in [0.2, 0.25) is 0 Å². The molecular formula is C37H26. The molecule has 0 heteroatoms. The number of hydrogen-bond acceptors (Lipinski definition) is 0. The average Bonchev–Trinajstić information content (AvgIpc) is 3.17. The Morgan fingerprint density at radius 1 is 0.378 bits per heavy atom. The molecule has 0 aliphatic heterocycles. The maximum absolute atomic E-state index is 2.46. The highest BCUT2D eigenvalue weighted by Crippen LogP contribution is 2.50. The molecule has 7 aromatic carbocycles. The fourth-order valence-electron chi connectivity index (χ4n) is 6.62. The monoisotopic (exact) mass is 470 g/mol. The van der Waals surface area contributed by atoms with Gasteiger partial charge < -0.3 is 0 Å². The van der Waals surface area contributed by atoms with Crippen LogP contribution in [-0.2, 0) is 5.41 Å². The molecule has 0 radical (unpaired) electrons. The molecule has 0 spiro atoms. The summed E-state index contributed by atoms with van der Waals surface area (Å²) >= 11 is 0. The highest BCUT2D eigenvalue weighted by molar-refractivity contribution is 6.12. The van der Waals surface area contributed by atoms with Gasteiger partial charge in [0.25, 0.3) is 0 Å². The Hall–Kier alpha value is -4.42. The van der Waals surface area contributed by atoms with Crippen molar-refractivity contribution in [1.82, 2.24) is 0 Å². The Kier molecular flexibility index (Phi) is 4.10. The third-order valence-corrected chi connectivity index (χ3v) is 8.62. The van der Waals surface area contributed by atoms with Crippen molar-refractivity contribution in [2.24, 2.45) is 0 Å². The van der Waals surface area contributed by atoms with Gasteiger partial charge in [-0.2, -0.15) is 0 Å². The van der Waals surface area contributed by atoms with Crippen LogP contribution in [0.25, 0.3) is 65.3 Å². The van der Waals surface area contributed by atoms with Crippen LogP contribution in [-0.4, -0.2) is 0 Å². The van der Waals surface area contributed by atoms with E-state index in [0.717, 1.165) is 0 Å². The summed E-state index contributed by atoms with van der Waals surface area (Å²) in [6.07, 6.45) is 0. The van der Waals surface area contributed by atoms with Gasteiger partial charge in [-0.3, -0.25) is 0 Å². The zero-order valence-corrected chi connectivity index (χ0v) is 21.0. The molecule has 0 fully saturated rings. The Balaban J connectivity index is 1.34. The molecule has 174 valence electrons. The van der Waals surface area contributed by atoms with E-state index in [4.69, 9.17) is 0 Å². The lowest BCUT2D eigenvalue weighted by molar-refractivity contribution is 0.661. The molecule has 0 N–H and O–H groups in total. The molecule has 0 atom stereocenters. The standard InChI is InChI=1S/C37H26/c1-37(2)35-10-6-5-9-31(35)34-21-28-16-13-24-11-14-26(20-32(24)33(28)22-36(34)37)25-17-18-30-27(19-25)15-12-23-7-3-4-8-29(23)30/h3-22H,1-2H3. The maximum atomic E-state index is 2.46. The summed E-state index contributed by atoms with van der Waals surface area (Å²) in [4.78, 5) is 0. The first-order valence-corrected chi connectivity index (χ1v) is 13.1. The lowest BCUT2D eigenvalue weighted by atomic mass is 9.81. The van der Waals surface area contributed by atoms with Crippen LogP contribution in [0.4, 0.5) is 0 Å². The third-order valence-electron chi connectivity index (χ3n) is 8.62. The van der Waals surface area contributed by atoms with Crippen molar-refractivity contribution < 1.29 is 0 Å². The Morgan fingerprint density at radius 3 is 1.86 bits per heavy atom. The largest absolute Gasteiger partial charge is 0.0619 e. The van der Waals surface area contributed by atoms with Gasteiger partial charge in [-0.1, -0.05) is 111 Å². The number of fused-ring (bicyclic) bond motifs is 9. The van der Waals surface area contributed by atoms with E-state index in [2.05, 4.69) is 135 Å². The van der Waals surface area contributed by atoms with E-state index in [9.17, 15) is 0 Å². The lowest BCUT2D eigenvalue weighted by Crippen LogP contribution is -2.14. The normalized spacial score (nSPS) is 13.9. The van der Waals surface area contributed by atoms with E-state index in [1.807, 2.05) is 0 Å². The van der Waals surface area contributed by atoms with Gasteiger partial charge in [0.1, 0.15) is 0 Å². The van der Waals surface area contributed by atoms with Crippen LogP contribution in [0.5, 0.6) is 0 Å². The van der Waals surface area contributed by atoms with Gasteiger partial charge in [0.15, 0.2) is 0 Å². The van der Waals surface area contributed by atoms with Crippen LogP contribution >= 0.6 is 0 Å². The van der Waals surface area contributed by atoms with Crippen LogP contribution in [0.15, 0.2) is 121 Å². The molecule has 7 aromatic rings. The minimum absolute atomic E-state index is 0.00100. The van der Waals surface area contributed by atoms with Crippen molar-refractivity contribution in [1.29, 1.82) is 0 Å². The second-order valence-corrected chi connectivity index (χ2v) is 11.0. The smallest absolute Gasteiger partial charge is 0.0159 e.